The number of hydrogen-bond acceptors (Lipinski definition) is 3. The van der Waals surface area contributed by atoms with Crippen molar-refractivity contribution in [3.8, 4) is 0 Å². The first-order valence-corrected chi connectivity index (χ1v) is 9.40. The monoisotopic (exact) mass is 361 g/mol. The third-order valence-corrected chi connectivity index (χ3v) is 5.78. The van der Waals surface area contributed by atoms with Crippen LogP contribution in [0.1, 0.15) is 32.3 Å². The van der Waals surface area contributed by atoms with Gasteiger partial charge in [0.15, 0.2) is 0 Å². The molecule has 1 unspecified atom stereocenters. The van der Waals surface area contributed by atoms with E-state index in [9.17, 15) is 14.0 Å². The van der Waals surface area contributed by atoms with Crippen LogP contribution in [0.4, 0.5) is 4.39 Å². The summed E-state index contributed by atoms with van der Waals surface area (Å²) in [4.78, 5) is 30.1. The number of likely N-dealkylation sites (tertiary alicyclic amines) is 1. The fourth-order valence-electron chi connectivity index (χ4n) is 4.17. The van der Waals surface area contributed by atoms with E-state index >= 15 is 0 Å². The third-order valence-electron chi connectivity index (χ3n) is 5.78. The zero-order valence-electron chi connectivity index (χ0n) is 15.7. The third kappa shape index (κ3) is 4.23. The summed E-state index contributed by atoms with van der Waals surface area (Å²) in [6, 6.07) is 6.74. The van der Waals surface area contributed by atoms with Crippen LogP contribution in [0.5, 0.6) is 0 Å². The molecule has 2 amide bonds. The van der Waals surface area contributed by atoms with Gasteiger partial charge in [0.2, 0.25) is 11.8 Å². The van der Waals surface area contributed by atoms with Crippen molar-refractivity contribution < 1.29 is 14.0 Å². The van der Waals surface area contributed by atoms with Crippen molar-refractivity contribution in [1.29, 1.82) is 0 Å². The Bertz CT molecular complexity index is 673. The SMILES string of the molecule is CC(=O)N1CCN(C(=O)CN2CCCC2(C)Cc2cccc(F)c2)CC1. The highest BCUT2D eigenvalue weighted by atomic mass is 19.1. The lowest BCUT2D eigenvalue weighted by atomic mass is 9.90. The van der Waals surface area contributed by atoms with Gasteiger partial charge < -0.3 is 9.80 Å². The minimum atomic E-state index is -0.213. The number of carbonyl (C=O) groups is 2. The molecule has 0 spiro atoms. The van der Waals surface area contributed by atoms with Crippen LogP contribution < -0.4 is 0 Å². The Labute approximate surface area is 154 Å². The second-order valence-corrected chi connectivity index (χ2v) is 7.72. The molecule has 0 radical (unpaired) electrons. The topological polar surface area (TPSA) is 43.9 Å². The molecule has 142 valence electrons. The average Bonchev–Trinajstić information content (AvgIpc) is 2.95. The Morgan fingerprint density at radius 3 is 2.46 bits per heavy atom. The van der Waals surface area contributed by atoms with Gasteiger partial charge in [0.25, 0.3) is 0 Å². The predicted molar refractivity (Wildman–Crippen MR) is 98.2 cm³/mol. The molecule has 2 aliphatic heterocycles. The van der Waals surface area contributed by atoms with E-state index in [1.165, 1.54) is 6.07 Å². The molecular weight excluding hydrogens is 333 g/mol. The van der Waals surface area contributed by atoms with E-state index in [0.717, 1.165) is 31.4 Å². The van der Waals surface area contributed by atoms with E-state index in [1.54, 1.807) is 24.0 Å². The van der Waals surface area contributed by atoms with Crippen LogP contribution in [0.15, 0.2) is 24.3 Å². The summed E-state index contributed by atoms with van der Waals surface area (Å²) in [5.74, 6) is -0.0186. The van der Waals surface area contributed by atoms with Gasteiger partial charge >= 0.3 is 0 Å². The zero-order chi connectivity index (χ0) is 18.7. The Morgan fingerprint density at radius 2 is 1.81 bits per heavy atom. The van der Waals surface area contributed by atoms with E-state index in [1.807, 2.05) is 11.0 Å². The average molecular weight is 361 g/mol. The van der Waals surface area contributed by atoms with Gasteiger partial charge in [-0.2, -0.15) is 0 Å². The Hall–Kier alpha value is -1.95. The zero-order valence-corrected chi connectivity index (χ0v) is 15.7. The van der Waals surface area contributed by atoms with Crippen molar-refractivity contribution in [3.63, 3.8) is 0 Å². The molecule has 0 aromatic heterocycles. The molecular formula is C20H28FN3O2. The number of carbonyl (C=O) groups excluding carboxylic acids is 2. The first-order chi connectivity index (χ1) is 12.4. The van der Waals surface area contributed by atoms with Crippen molar-refractivity contribution >= 4 is 11.8 Å². The molecule has 3 rings (SSSR count). The predicted octanol–water partition coefficient (Wildman–Crippen LogP) is 1.91. The van der Waals surface area contributed by atoms with Crippen LogP contribution in [0, 0.1) is 5.82 Å². The molecule has 0 aliphatic carbocycles. The quantitative estimate of drug-likeness (QED) is 0.823. The van der Waals surface area contributed by atoms with Crippen LogP contribution in [-0.4, -0.2) is 71.3 Å². The van der Waals surface area contributed by atoms with Crippen molar-refractivity contribution in [2.24, 2.45) is 0 Å². The Balaban J connectivity index is 1.59. The smallest absolute Gasteiger partial charge is 0.236 e. The number of piperazine rings is 1. The van der Waals surface area contributed by atoms with E-state index in [-0.39, 0.29) is 23.2 Å². The largest absolute Gasteiger partial charge is 0.339 e. The van der Waals surface area contributed by atoms with Gasteiger partial charge in [-0.05, 0) is 50.4 Å². The second-order valence-electron chi connectivity index (χ2n) is 7.72. The molecule has 1 atom stereocenters. The molecule has 0 saturated carbocycles. The van der Waals surface area contributed by atoms with Crippen molar-refractivity contribution in [2.45, 2.75) is 38.6 Å². The van der Waals surface area contributed by atoms with Gasteiger partial charge in [0, 0.05) is 38.6 Å². The number of halogens is 1. The summed E-state index contributed by atoms with van der Waals surface area (Å²) in [5.41, 5.74) is 0.854. The molecule has 26 heavy (non-hydrogen) atoms. The Kier molecular flexibility index (Phi) is 5.61. The maximum atomic E-state index is 13.5. The molecule has 1 aromatic carbocycles. The number of hydrogen-bond donors (Lipinski definition) is 0. The lowest BCUT2D eigenvalue weighted by Crippen LogP contribution is -2.54. The molecule has 5 nitrogen and oxygen atoms in total. The van der Waals surface area contributed by atoms with E-state index in [2.05, 4.69) is 11.8 Å². The highest BCUT2D eigenvalue weighted by molar-refractivity contribution is 5.79. The highest BCUT2D eigenvalue weighted by Gasteiger charge is 2.38. The molecule has 1 aromatic rings. The standard InChI is InChI=1S/C20H28FN3O2/c1-16(25)22-9-11-23(12-10-22)19(26)15-24-8-4-7-20(24,2)14-17-5-3-6-18(21)13-17/h3,5-6,13H,4,7-12,14-15H2,1-2H3. The summed E-state index contributed by atoms with van der Waals surface area (Å²) in [6.07, 6.45) is 2.81. The van der Waals surface area contributed by atoms with Gasteiger partial charge in [0.05, 0.1) is 6.54 Å². The summed E-state index contributed by atoms with van der Waals surface area (Å²) in [6.45, 7) is 7.46. The van der Waals surface area contributed by atoms with Crippen molar-refractivity contribution in [2.75, 3.05) is 39.3 Å². The van der Waals surface area contributed by atoms with Crippen LogP contribution in [0.25, 0.3) is 0 Å². The van der Waals surface area contributed by atoms with Gasteiger partial charge in [-0.15, -0.1) is 0 Å². The molecule has 2 saturated heterocycles. The maximum Gasteiger partial charge on any atom is 0.236 e. The maximum absolute atomic E-state index is 13.5. The van der Waals surface area contributed by atoms with Crippen LogP contribution >= 0.6 is 0 Å². The van der Waals surface area contributed by atoms with Gasteiger partial charge in [0.1, 0.15) is 5.82 Å². The van der Waals surface area contributed by atoms with E-state index in [0.29, 0.717) is 32.7 Å². The van der Waals surface area contributed by atoms with Crippen molar-refractivity contribution in [1.82, 2.24) is 14.7 Å². The summed E-state index contributed by atoms with van der Waals surface area (Å²) in [7, 11) is 0. The number of amides is 2. The molecule has 0 bridgehead atoms. The molecule has 2 aliphatic rings. The minimum Gasteiger partial charge on any atom is -0.339 e. The van der Waals surface area contributed by atoms with Crippen LogP contribution in [-0.2, 0) is 16.0 Å². The summed E-state index contributed by atoms with van der Waals surface area (Å²) >= 11 is 0. The fraction of sp³-hybridized carbons (Fsp3) is 0.600. The first kappa shape index (κ1) is 18.8. The molecule has 2 heterocycles. The van der Waals surface area contributed by atoms with Gasteiger partial charge in [-0.25, -0.2) is 4.39 Å². The lowest BCUT2D eigenvalue weighted by molar-refractivity contribution is -0.139. The van der Waals surface area contributed by atoms with E-state index in [4.69, 9.17) is 0 Å². The minimum absolute atomic E-state index is 0.0688. The molecule has 2 fully saturated rings. The second kappa shape index (κ2) is 7.74. The van der Waals surface area contributed by atoms with E-state index < -0.39 is 0 Å². The van der Waals surface area contributed by atoms with Gasteiger partial charge in [-0.1, -0.05) is 12.1 Å². The fourth-order valence-corrected chi connectivity index (χ4v) is 4.17. The number of rotatable bonds is 4. The highest BCUT2D eigenvalue weighted by Crippen LogP contribution is 2.32. The van der Waals surface area contributed by atoms with Crippen molar-refractivity contribution in [3.05, 3.63) is 35.6 Å². The molecule has 0 N–H and O–H groups in total. The molecule has 6 heteroatoms. The lowest BCUT2D eigenvalue weighted by Gasteiger charge is -2.38. The first-order valence-electron chi connectivity index (χ1n) is 9.40. The Morgan fingerprint density at radius 1 is 1.12 bits per heavy atom. The summed E-state index contributed by atoms with van der Waals surface area (Å²) < 4.78 is 13.5. The number of nitrogens with zero attached hydrogens (tertiary/aromatic N) is 3. The normalized spacial score (nSPS) is 24.1. The van der Waals surface area contributed by atoms with Crippen LogP contribution in [0.2, 0.25) is 0 Å². The summed E-state index contributed by atoms with van der Waals surface area (Å²) in [5, 5.41) is 0. The van der Waals surface area contributed by atoms with Gasteiger partial charge in [-0.3, -0.25) is 14.5 Å². The number of benzene rings is 1. The van der Waals surface area contributed by atoms with Crippen LogP contribution in [0.3, 0.4) is 0 Å².